The van der Waals surface area contributed by atoms with Crippen LogP contribution in [0.3, 0.4) is 0 Å². The molecule has 0 N–H and O–H groups in total. The highest BCUT2D eigenvalue weighted by Crippen LogP contribution is 2.37. The average molecular weight is 317 g/mol. The average Bonchev–Trinajstić information content (AvgIpc) is 2.89. The van der Waals surface area contributed by atoms with Gasteiger partial charge in [-0.25, -0.2) is 0 Å². The molecular weight excluding hydrogens is 290 g/mol. The van der Waals surface area contributed by atoms with Crippen molar-refractivity contribution in [2.45, 2.75) is 52.0 Å². The van der Waals surface area contributed by atoms with Crippen LogP contribution in [-0.2, 0) is 0 Å². The van der Waals surface area contributed by atoms with Gasteiger partial charge in [-0.15, -0.1) is 0 Å². The largest absolute Gasteiger partial charge is 0.283 e. The summed E-state index contributed by atoms with van der Waals surface area (Å²) < 4.78 is 0. The minimum atomic E-state index is 0.0276. The Kier molecular flexibility index (Phi) is 4.71. The molecule has 0 saturated heterocycles. The highest BCUT2D eigenvalue weighted by atomic mass is 14.9. The summed E-state index contributed by atoms with van der Waals surface area (Å²) in [6.45, 7) is 8.91. The van der Waals surface area contributed by atoms with E-state index in [2.05, 4.69) is 88.4 Å². The van der Waals surface area contributed by atoms with E-state index in [1.54, 1.807) is 0 Å². The Labute approximate surface area is 146 Å². The molecule has 2 aromatic rings. The van der Waals surface area contributed by atoms with E-state index in [0.29, 0.717) is 5.92 Å². The van der Waals surface area contributed by atoms with Gasteiger partial charge in [-0.2, -0.15) is 0 Å². The first-order valence-corrected chi connectivity index (χ1v) is 8.81. The second kappa shape index (κ2) is 6.76. The fraction of sp³-hybridized carbons (Fsp3) is 0.348. The van der Waals surface area contributed by atoms with Crippen LogP contribution in [-0.4, -0.2) is 11.3 Å². The third kappa shape index (κ3) is 3.67. The van der Waals surface area contributed by atoms with Gasteiger partial charge in [0.1, 0.15) is 0 Å². The maximum atomic E-state index is 5.07. The zero-order valence-electron chi connectivity index (χ0n) is 15.2. The Bertz CT molecular complexity index is 708. The van der Waals surface area contributed by atoms with Gasteiger partial charge in [-0.3, -0.25) is 4.99 Å². The Morgan fingerprint density at radius 1 is 0.917 bits per heavy atom. The molecule has 0 bridgehead atoms. The number of nitrogens with zero attached hydrogens (tertiary/aromatic N) is 1. The van der Waals surface area contributed by atoms with Crippen LogP contribution >= 0.6 is 0 Å². The molecule has 0 unspecified atom stereocenters. The first kappa shape index (κ1) is 16.7. The van der Waals surface area contributed by atoms with Crippen LogP contribution in [0.25, 0.3) is 0 Å². The molecule has 1 aliphatic rings. The molecule has 0 aromatic heterocycles. The first-order valence-electron chi connectivity index (χ1n) is 8.81. The summed E-state index contributed by atoms with van der Waals surface area (Å²) in [4.78, 5) is 5.07. The number of allylic oxidation sites excluding steroid dienone is 1. The predicted molar refractivity (Wildman–Crippen MR) is 104 cm³/mol. The van der Waals surface area contributed by atoms with E-state index in [1.165, 1.54) is 28.0 Å². The lowest BCUT2D eigenvalue weighted by molar-refractivity contribution is 0.545. The van der Waals surface area contributed by atoms with E-state index in [0.717, 1.165) is 12.8 Å². The van der Waals surface area contributed by atoms with Crippen LogP contribution in [0.2, 0.25) is 0 Å². The van der Waals surface area contributed by atoms with Crippen LogP contribution < -0.4 is 0 Å². The van der Waals surface area contributed by atoms with Crippen molar-refractivity contribution >= 4 is 5.71 Å². The fourth-order valence-corrected chi connectivity index (χ4v) is 3.63. The number of hydrogen-bond donors (Lipinski definition) is 0. The monoisotopic (exact) mass is 317 g/mol. The quantitative estimate of drug-likeness (QED) is 0.639. The van der Waals surface area contributed by atoms with E-state index in [4.69, 9.17) is 4.99 Å². The van der Waals surface area contributed by atoms with Crippen molar-refractivity contribution in [3.8, 4) is 0 Å². The standard InChI is InChI=1S/C23H27N/c1-17(2)21-16-23(3,4)24-22(21)15-20(18-11-7-5-8-12-18)19-13-9-6-10-14-19/h5-14,20H,15-16H2,1-4H3. The van der Waals surface area contributed by atoms with Crippen molar-refractivity contribution in [1.29, 1.82) is 0 Å². The topological polar surface area (TPSA) is 12.4 Å². The van der Waals surface area contributed by atoms with E-state index in [1.807, 2.05) is 0 Å². The number of benzene rings is 2. The molecule has 1 nitrogen and oxygen atoms in total. The Balaban J connectivity index is 2.00. The normalized spacial score (nSPS) is 16.4. The van der Waals surface area contributed by atoms with Crippen LogP contribution in [0.4, 0.5) is 0 Å². The van der Waals surface area contributed by atoms with Crippen molar-refractivity contribution in [3.05, 3.63) is 82.9 Å². The van der Waals surface area contributed by atoms with Crippen LogP contribution in [0.15, 0.2) is 76.8 Å². The molecular formula is C23H27N. The lowest BCUT2D eigenvalue weighted by Gasteiger charge is -2.19. The summed E-state index contributed by atoms with van der Waals surface area (Å²) in [6.07, 6.45) is 2.03. The lowest BCUT2D eigenvalue weighted by Crippen LogP contribution is -2.11. The molecule has 0 spiro atoms. The van der Waals surface area contributed by atoms with Gasteiger partial charge in [-0.05, 0) is 50.8 Å². The van der Waals surface area contributed by atoms with Gasteiger partial charge in [0.05, 0.1) is 5.54 Å². The molecule has 24 heavy (non-hydrogen) atoms. The summed E-state index contributed by atoms with van der Waals surface area (Å²) in [5, 5.41) is 0. The molecule has 3 rings (SSSR count). The van der Waals surface area contributed by atoms with Crippen molar-refractivity contribution in [1.82, 2.24) is 0 Å². The minimum Gasteiger partial charge on any atom is -0.283 e. The minimum absolute atomic E-state index is 0.0276. The summed E-state index contributed by atoms with van der Waals surface area (Å²) in [6, 6.07) is 21.6. The Morgan fingerprint density at radius 3 is 1.88 bits per heavy atom. The Hall–Kier alpha value is -2.15. The van der Waals surface area contributed by atoms with Crippen LogP contribution in [0.1, 0.15) is 57.6 Å². The molecule has 0 amide bonds. The molecule has 0 fully saturated rings. The SMILES string of the molecule is CC(C)=C1CC(C)(C)N=C1CC(c1ccccc1)c1ccccc1. The second-order valence-electron chi connectivity index (χ2n) is 7.60. The van der Waals surface area contributed by atoms with Crippen molar-refractivity contribution in [3.63, 3.8) is 0 Å². The summed E-state index contributed by atoms with van der Waals surface area (Å²) in [5.41, 5.74) is 6.90. The summed E-state index contributed by atoms with van der Waals surface area (Å²) >= 11 is 0. The second-order valence-corrected chi connectivity index (χ2v) is 7.60. The molecule has 1 heterocycles. The van der Waals surface area contributed by atoms with Crippen molar-refractivity contribution < 1.29 is 0 Å². The van der Waals surface area contributed by atoms with Gasteiger partial charge in [-0.1, -0.05) is 66.2 Å². The van der Waals surface area contributed by atoms with Gasteiger partial charge in [0, 0.05) is 18.1 Å². The molecule has 1 aliphatic heterocycles. The summed E-state index contributed by atoms with van der Waals surface area (Å²) in [5.74, 6) is 0.356. The van der Waals surface area contributed by atoms with Crippen molar-refractivity contribution in [2.24, 2.45) is 4.99 Å². The molecule has 0 atom stereocenters. The zero-order chi connectivity index (χ0) is 17.2. The highest BCUT2D eigenvalue weighted by Gasteiger charge is 2.31. The van der Waals surface area contributed by atoms with Gasteiger partial charge in [0.2, 0.25) is 0 Å². The molecule has 1 heteroatoms. The van der Waals surface area contributed by atoms with Gasteiger partial charge < -0.3 is 0 Å². The van der Waals surface area contributed by atoms with E-state index in [9.17, 15) is 0 Å². The molecule has 0 aliphatic carbocycles. The lowest BCUT2D eigenvalue weighted by atomic mass is 9.84. The number of aliphatic imine (C=N–C) groups is 1. The molecule has 124 valence electrons. The van der Waals surface area contributed by atoms with Gasteiger partial charge >= 0.3 is 0 Å². The zero-order valence-corrected chi connectivity index (χ0v) is 15.2. The van der Waals surface area contributed by atoms with Crippen LogP contribution in [0.5, 0.6) is 0 Å². The third-order valence-electron chi connectivity index (χ3n) is 4.80. The third-order valence-corrected chi connectivity index (χ3v) is 4.80. The van der Waals surface area contributed by atoms with Crippen molar-refractivity contribution in [2.75, 3.05) is 0 Å². The maximum absolute atomic E-state index is 5.07. The Morgan fingerprint density at radius 2 is 1.42 bits per heavy atom. The van der Waals surface area contributed by atoms with Gasteiger partial charge in [0.25, 0.3) is 0 Å². The van der Waals surface area contributed by atoms with E-state index in [-0.39, 0.29) is 5.54 Å². The fourth-order valence-electron chi connectivity index (χ4n) is 3.63. The maximum Gasteiger partial charge on any atom is 0.0596 e. The van der Waals surface area contributed by atoms with E-state index < -0.39 is 0 Å². The molecule has 0 saturated carbocycles. The molecule has 2 aromatic carbocycles. The predicted octanol–water partition coefficient (Wildman–Crippen LogP) is 6.17. The number of hydrogen-bond acceptors (Lipinski definition) is 1. The smallest absolute Gasteiger partial charge is 0.0596 e. The number of rotatable bonds is 4. The highest BCUT2D eigenvalue weighted by molar-refractivity contribution is 6.03. The van der Waals surface area contributed by atoms with E-state index >= 15 is 0 Å². The van der Waals surface area contributed by atoms with Gasteiger partial charge in [0.15, 0.2) is 0 Å². The summed E-state index contributed by atoms with van der Waals surface area (Å²) in [7, 11) is 0. The first-order chi connectivity index (χ1) is 11.5. The van der Waals surface area contributed by atoms with Crippen LogP contribution in [0, 0.1) is 0 Å². The molecule has 0 radical (unpaired) electrons.